The molecular formula is C28H27FN4. The molecule has 5 rings (SSSR count). The summed E-state index contributed by atoms with van der Waals surface area (Å²) < 4.78 is 17.2. The first-order valence-electron chi connectivity index (χ1n) is 11.6. The number of nitriles is 1. The first kappa shape index (κ1) is 21.2. The van der Waals surface area contributed by atoms with Crippen LogP contribution in [0.25, 0.3) is 16.7 Å². The predicted octanol–water partition coefficient (Wildman–Crippen LogP) is 6.49. The average molecular weight is 439 g/mol. The van der Waals surface area contributed by atoms with Gasteiger partial charge in [0, 0.05) is 17.8 Å². The van der Waals surface area contributed by atoms with Crippen molar-refractivity contribution in [3.8, 4) is 11.8 Å². The zero-order valence-electron chi connectivity index (χ0n) is 19.3. The summed E-state index contributed by atoms with van der Waals surface area (Å²) in [7, 11) is 0. The predicted molar refractivity (Wildman–Crippen MR) is 131 cm³/mol. The van der Waals surface area contributed by atoms with Crippen LogP contribution in [0.4, 0.5) is 15.8 Å². The average Bonchev–Trinajstić information content (AvgIpc) is 3.12. The zero-order chi connectivity index (χ0) is 23.1. The van der Waals surface area contributed by atoms with E-state index in [-0.39, 0.29) is 12.4 Å². The van der Waals surface area contributed by atoms with E-state index in [0.717, 1.165) is 65.2 Å². The summed E-state index contributed by atoms with van der Waals surface area (Å²) in [6, 6.07) is 18.1. The maximum absolute atomic E-state index is 15.1. The topological polar surface area (TPSA) is 44.9 Å². The van der Waals surface area contributed by atoms with Gasteiger partial charge in [-0.2, -0.15) is 5.26 Å². The number of hydrogen-bond acceptors (Lipinski definition) is 3. The summed E-state index contributed by atoms with van der Waals surface area (Å²) in [6.45, 7) is 6.50. The third-order valence-electron chi connectivity index (χ3n) is 6.73. The zero-order valence-corrected chi connectivity index (χ0v) is 19.3. The molecule has 0 saturated carbocycles. The van der Waals surface area contributed by atoms with Crippen LogP contribution in [-0.2, 0) is 19.3 Å². The van der Waals surface area contributed by atoms with Gasteiger partial charge in [-0.3, -0.25) is 4.57 Å². The van der Waals surface area contributed by atoms with Crippen molar-refractivity contribution in [2.45, 2.75) is 46.5 Å². The number of nitrogens with zero attached hydrogens (tertiary/aromatic N) is 4. The highest BCUT2D eigenvalue weighted by molar-refractivity contribution is 5.83. The summed E-state index contributed by atoms with van der Waals surface area (Å²) in [5.74, 6) is 0.632. The van der Waals surface area contributed by atoms with E-state index in [1.165, 1.54) is 17.2 Å². The molecule has 166 valence electrons. The molecule has 1 aromatic heterocycles. The molecule has 0 atom stereocenters. The molecule has 0 radical (unpaired) electrons. The van der Waals surface area contributed by atoms with Crippen LogP contribution in [0.3, 0.4) is 0 Å². The molecule has 0 aliphatic carbocycles. The van der Waals surface area contributed by atoms with Crippen molar-refractivity contribution in [2.75, 3.05) is 11.4 Å². The second-order valence-electron chi connectivity index (χ2n) is 8.76. The van der Waals surface area contributed by atoms with Crippen molar-refractivity contribution >= 4 is 22.4 Å². The molecule has 0 saturated heterocycles. The minimum atomic E-state index is -0.252. The number of aryl methyl sites for hydroxylation is 3. The molecule has 0 spiro atoms. The van der Waals surface area contributed by atoms with Crippen LogP contribution in [0.5, 0.6) is 0 Å². The minimum absolute atomic E-state index is 0.252. The lowest BCUT2D eigenvalue weighted by molar-refractivity contribution is 0.633. The number of para-hydroxylation sites is 1. The molecule has 0 amide bonds. The van der Waals surface area contributed by atoms with Gasteiger partial charge in [0.05, 0.1) is 17.3 Å². The summed E-state index contributed by atoms with van der Waals surface area (Å²) in [6.07, 6.45) is 3.47. The Bertz CT molecular complexity index is 1410. The second-order valence-corrected chi connectivity index (χ2v) is 8.76. The lowest BCUT2D eigenvalue weighted by Gasteiger charge is -2.26. The molecule has 3 aromatic carbocycles. The summed E-state index contributed by atoms with van der Waals surface area (Å²) in [5, 5.41) is 9.56. The van der Waals surface area contributed by atoms with Gasteiger partial charge in [-0.1, -0.05) is 31.2 Å². The first-order valence-corrected chi connectivity index (χ1v) is 11.6. The number of rotatable bonds is 4. The van der Waals surface area contributed by atoms with E-state index >= 15 is 4.39 Å². The molecule has 4 aromatic rings. The third kappa shape index (κ3) is 3.38. The van der Waals surface area contributed by atoms with E-state index in [9.17, 15) is 5.26 Å². The van der Waals surface area contributed by atoms with Crippen LogP contribution in [0, 0.1) is 31.0 Å². The van der Waals surface area contributed by atoms with E-state index in [0.29, 0.717) is 5.52 Å². The molecule has 0 unspecified atom stereocenters. The maximum atomic E-state index is 15.1. The van der Waals surface area contributed by atoms with E-state index in [2.05, 4.69) is 55.1 Å². The number of benzene rings is 3. The third-order valence-corrected chi connectivity index (χ3v) is 6.73. The monoisotopic (exact) mass is 438 g/mol. The maximum Gasteiger partial charge on any atom is 0.149 e. The van der Waals surface area contributed by atoms with Gasteiger partial charge in [0.25, 0.3) is 0 Å². The summed E-state index contributed by atoms with van der Waals surface area (Å²) >= 11 is 0. The normalized spacial score (nSPS) is 12.9. The quantitative estimate of drug-likeness (QED) is 0.342. The number of aromatic nitrogens is 2. The Hall–Kier alpha value is -3.65. The molecular weight excluding hydrogens is 411 g/mol. The van der Waals surface area contributed by atoms with Crippen molar-refractivity contribution < 1.29 is 4.39 Å². The van der Waals surface area contributed by atoms with Gasteiger partial charge >= 0.3 is 0 Å². The Morgan fingerprint density at radius 3 is 2.58 bits per heavy atom. The van der Waals surface area contributed by atoms with Gasteiger partial charge in [0.15, 0.2) is 0 Å². The molecule has 0 fully saturated rings. The highest BCUT2D eigenvalue weighted by atomic mass is 19.1. The van der Waals surface area contributed by atoms with E-state index < -0.39 is 0 Å². The van der Waals surface area contributed by atoms with Gasteiger partial charge in [0.2, 0.25) is 0 Å². The molecule has 2 heterocycles. The fraction of sp³-hybridized carbons (Fsp3) is 0.286. The number of hydrogen-bond donors (Lipinski definition) is 0. The SMILES string of the molecule is CCCc1nc2c(C)ccc(F)c2n1-c1ccc2c(c1C)CCc1ccccc1N2CC#N. The van der Waals surface area contributed by atoms with Crippen molar-refractivity contribution in [3.63, 3.8) is 0 Å². The van der Waals surface area contributed by atoms with Crippen LogP contribution in [0.2, 0.25) is 0 Å². The van der Waals surface area contributed by atoms with Crippen molar-refractivity contribution in [2.24, 2.45) is 0 Å². The van der Waals surface area contributed by atoms with Crippen LogP contribution < -0.4 is 4.90 Å². The molecule has 5 heteroatoms. The molecule has 0 bridgehead atoms. The highest BCUT2D eigenvalue weighted by Crippen LogP contribution is 2.40. The van der Waals surface area contributed by atoms with Crippen molar-refractivity contribution in [1.82, 2.24) is 9.55 Å². The molecule has 1 aliphatic heterocycles. The standard InChI is InChI=1S/C28H27FN4/c1-4-7-26-31-27-18(2)10-13-22(29)28(27)33(26)23-14-15-25-21(19(23)3)12-11-20-8-5-6-9-24(20)32(25)17-16-30/h5-6,8-10,13-15H,4,7,11-12,17H2,1-3H3. The Morgan fingerprint density at radius 1 is 1.00 bits per heavy atom. The molecule has 33 heavy (non-hydrogen) atoms. The largest absolute Gasteiger partial charge is 0.327 e. The molecule has 0 N–H and O–H groups in total. The Kier molecular flexibility index (Phi) is 5.38. The van der Waals surface area contributed by atoms with Gasteiger partial charge in [-0.25, -0.2) is 9.37 Å². The van der Waals surface area contributed by atoms with Crippen molar-refractivity contribution in [1.29, 1.82) is 5.26 Å². The lowest BCUT2D eigenvalue weighted by atomic mass is 9.98. The minimum Gasteiger partial charge on any atom is -0.327 e. The Morgan fingerprint density at radius 2 is 1.79 bits per heavy atom. The summed E-state index contributed by atoms with van der Waals surface area (Å²) in [4.78, 5) is 6.97. The fourth-order valence-electron chi connectivity index (χ4n) is 5.13. The first-order chi connectivity index (χ1) is 16.0. The van der Waals surface area contributed by atoms with E-state index in [1.807, 2.05) is 17.6 Å². The Balaban J connectivity index is 1.76. The summed E-state index contributed by atoms with van der Waals surface area (Å²) in [5.41, 5.74) is 8.92. The van der Waals surface area contributed by atoms with Crippen molar-refractivity contribution in [3.05, 3.63) is 82.4 Å². The Labute approximate surface area is 193 Å². The highest BCUT2D eigenvalue weighted by Gasteiger charge is 2.25. The van der Waals surface area contributed by atoms with E-state index in [4.69, 9.17) is 4.98 Å². The van der Waals surface area contributed by atoms with Crippen LogP contribution in [0.1, 0.15) is 41.4 Å². The van der Waals surface area contributed by atoms with Gasteiger partial charge in [0.1, 0.15) is 23.7 Å². The van der Waals surface area contributed by atoms with Crippen LogP contribution in [0.15, 0.2) is 48.5 Å². The number of halogens is 1. The number of anilines is 2. The van der Waals surface area contributed by atoms with Gasteiger partial charge in [-0.15, -0.1) is 0 Å². The number of fused-ring (bicyclic) bond motifs is 3. The van der Waals surface area contributed by atoms with Gasteiger partial charge < -0.3 is 4.90 Å². The van der Waals surface area contributed by atoms with Crippen LogP contribution >= 0.6 is 0 Å². The second kappa shape index (κ2) is 8.37. The smallest absolute Gasteiger partial charge is 0.149 e. The van der Waals surface area contributed by atoms with Gasteiger partial charge in [-0.05, 0) is 79.6 Å². The van der Waals surface area contributed by atoms with E-state index in [1.54, 1.807) is 6.07 Å². The molecule has 1 aliphatic rings. The van der Waals surface area contributed by atoms with Crippen LogP contribution in [-0.4, -0.2) is 16.1 Å². The lowest BCUT2D eigenvalue weighted by Crippen LogP contribution is -2.19. The number of imidazole rings is 1. The fourth-order valence-corrected chi connectivity index (χ4v) is 5.13. The molecule has 4 nitrogen and oxygen atoms in total.